The molecule has 2 N–H and O–H groups in total. The van der Waals surface area contributed by atoms with Gasteiger partial charge in [0.2, 0.25) is 0 Å². The third-order valence-corrected chi connectivity index (χ3v) is 4.18. The van der Waals surface area contributed by atoms with E-state index in [0.717, 1.165) is 5.69 Å². The van der Waals surface area contributed by atoms with Crippen molar-refractivity contribution in [3.63, 3.8) is 0 Å². The first kappa shape index (κ1) is 17.5. The van der Waals surface area contributed by atoms with Crippen LogP contribution < -0.4 is 10.6 Å². The molecule has 2 nitrogen and oxygen atoms in total. The van der Waals surface area contributed by atoms with E-state index in [1.54, 1.807) is 0 Å². The molecule has 0 aliphatic carbocycles. The molecule has 1 unspecified atom stereocenters. The molecular weight excluding hydrogens is 300 g/mol. The van der Waals surface area contributed by atoms with Gasteiger partial charge in [0.05, 0.1) is 6.04 Å². The lowest BCUT2D eigenvalue weighted by Gasteiger charge is -2.26. The van der Waals surface area contributed by atoms with Crippen molar-refractivity contribution in [1.29, 1.82) is 0 Å². The smallest absolute Gasteiger partial charge is 0.171 e. The fourth-order valence-electron chi connectivity index (χ4n) is 2.89. The van der Waals surface area contributed by atoms with Crippen LogP contribution in [-0.2, 0) is 0 Å². The largest absolute Gasteiger partial charge is 0.355 e. The summed E-state index contributed by atoms with van der Waals surface area (Å²) in [5.41, 5.74) is 6.08. The second kappa shape index (κ2) is 7.60. The van der Waals surface area contributed by atoms with Crippen molar-refractivity contribution in [1.82, 2.24) is 5.32 Å². The Balaban J connectivity index is 2.14. The molecule has 1 atom stereocenters. The Labute approximate surface area is 145 Å². The zero-order valence-corrected chi connectivity index (χ0v) is 15.4. The number of aryl methyl sites for hydroxylation is 3. The molecule has 0 heterocycles. The van der Waals surface area contributed by atoms with Gasteiger partial charge in [0.1, 0.15) is 0 Å². The molecule has 0 fully saturated rings. The van der Waals surface area contributed by atoms with Gasteiger partial charge in [-0.05, 0) is 73.3 Å². The first-order valence-electron chi connectivity index (χ1n) is 8.08. The van der Waals surface area contributed by atoms with Crippen LogP contribution in [0.2, 0.25) is 0 Å². The Hall–Kier alpha value is -1.87. The molecule has 0 radical (unpaired) electrons. The van der Waals surface area contributed by atoms with Gasteiger partial charge in [-0.25, -0.2) is 0 Å². The molecule has 0 saturated carbocycles. The molecule has 0 bridgehead atoms. The molecule has 2 aromatic rings. The number of benzene rings is 2. The lowest BCUT2D eigenvalue weighted by molar-refractivity contribution is 0.471. The normalized spacial score (nSPS) is 12.1. The molecule has 23 heavy (non-hydrogen) atoms. The predicted molar refractivity (Wildman–Crippen MR) is 104 cm³/mol. The molecule has 3 heteroatoms. The number of anilines is 1. The SMILES string of the molecule is Cc1cc(C)cc(NC(=S)NC(c2ccccc2C)C(C)C)c1. The van der Waals surface area contributed by atoms with Crippen LogP contribution in [-0.4, -0.2) is 5.11 Å². The van der Waals surface area contributed by atoms with E-state index in [-0.39, 0.29) is 6.04 Å². The summed E-state index contributed by atoms with van der Waals surface area (Å²) in [6.45, 7) is 10.8. The van der Waals surface area contributed by atoms with Gasteiger partial charge >= 0.3 is 0 Å². The van der Waals surface area contributed by atoms with Crippen LogP contribution in [0.5, 0.6) is 0 Å². The highest BCUT2D eigenvalue weighted by Gasteiger charge is 2.18. The minimum absolute atomic E-state index is 0.196. The number of hydrogen-bond donors (Lipinski definition) is 2. The summed E-state index contributed by atoms with van der Waals surface area (Å²) in [7, 11) is 0. The average molecular weight is 327 g/mol. The van der Waals surface area contributed by atoms with Crippen LogP contribution >= 0.6 is 12.2 Å². The van der Waals surface area contributed by atoms with Crippen molar-refractivity contribution in [2.45, 2.75) is 40.7 Å². The monoisotopic (exact) mass is 326 g/mol. The highest BCUT2D eigenvalue weighted by Crippen LogP contribution is 2.25. The Kier molecular flexibility index (Phi) is 5.78. The Morgan fingerprint density at radius 3 is 2.13 bits per heavy atom. The van der Waals surface area contributed by atoms with Crippen molar-refractivity contribution in [3.8, 4) is 0 Å². The van der Waals surface area contributed by atoms with Crippen LogP contribution in [0.1, 0.15) is 42.1 Å². The zero-order chi connectivity index (χ0) is 17.0. The average Bonchev–Trinajstić information content (AvgIpc) is 2.44. The van der Waals surface area contributed by atoms with E-state index in [2.05, 4.69) is 87.7 Å². The third kappa shape index (κ3) is 4.80. The van der Waals surface area contributed by atoms with Gasteiger partial charge in [-0.15, -0.1) is 0 Å². The second-order valence-corrected chi connectivity index (χ2v) is 6.96. The topological polar surface area (TPSA) is 24.1 Å². The minimum Gasteiger partial charge on any atom is -0.355 e. The van der Waals surface area contributed by atoms with Crippen LogP contribution in [0.4, 0.5) is 5.69 Å². The molecule has 2 rings (SSSR count). The maximum Gasteiger partial charge on any atom is 0.171 e. The summed E-state index contributed by atoms with van der Waals surface area (Å²) in [6, 6.07) is 15.0. The Morgan fingerprint density at radius 1 is 0.957 bits per heavy atom. The minimum atomic E-state index is 0.196. The number of rotatable bonds is 4. The van der Waals surface area contributed by atoms with Crippen molar-refractivity contribution in [2.75, 3.05) is 5.32 Å². The van der Waals surface area contributed by atoms with Crippen molar-refractivity contribution >= 4 is 23.0 Å². The predicted octanol–water partition coefficient (Wildman–Crippen LogP) is 5.30. The molecule has 0 saturated heterocycles. The van der Waals surface area contributed by atoms with Gasteiger partial charge in [-0.1, -0.05) is 44.2 Å². The molecule has 0 spiro atoms. The maximum absolute atomic E-state index is 5.54. The summed E-state index contributed by atoms with van der Waals surface area (Å²) >= 11 is 5.54. The van der Waals surface area contributed by atoms with E-state index < -0.39 is 0 Å². The zero-order valence-electron chi connectivity index (χ0n) is 14.6. The van der Waals surface area contributed by atoms with Crippen LogP contribution in [0.3, 0.4) is 0 Å². The fraction of sp³-hybridized carbons (Fsp3) is 0.350. The first-order valence-corrected chi connectivity index (χ1v) is 8.49. The van der Waals surface area contributed by atoms with Crippen molar-refractivity contribution in [2.24, 2.45) is 5.92 Å². The van der Waals surface area contributed by atoms with E-state index in [1.807, 2.05) is 0 Å². The van der Waals surface area contributed by atoms with Gasteiger partial charge < -0.3 is 10.6 Å². The molecule has 2 aromatic carbocycles. The summed E-state index contributed by atoms with van der Waals surface area (Å²) in [5.74, 6) is 0.440. The van der Waals surface area contributed by atoms with Gasteiger partial charge in [-0.3, -0.25) is 0 Å². The molecular formula is C20H26N2S. The van der Waals surface area contributed by atoms with Gasteiger partial charge in [0.25, 0.3) is 0 Å². The maximum atomic E-state index is 5.54. The summed E-state index contributed by atoms with van der Waals surface area (Å²) in [4.78, 5) is 0. The van der Waals surface area contributed by atoms with E-state index in [0.29, 0.717) is 11.0 Å². The summed E-state index contributed by atoms with van der Waals surface area (Å²) < 4.78 is 0. The van der Waals surface area contributed by atoms with Crippen LogP contribution in [0, 0.1) is 26.7 Å². The Bertz CT molecular complexity index is 672. The summed E-state index contributed by atoms with van der Waals surface area (Å²) in [5, 5.41) is 7.46. The third-order valence-electron chi connectivity index (χ3n) is 3.96. The van der Waals surface area contributed by atoms with Gasteiger partial charge in [-0.2, -0.15) is 0 Å². The van der Waals surface area contributed by atoms with Crippen LogP contribution in [0.25, 0.3) is 0 Å². The van der Waals surface area contributed by atoms with E-state index in [9.17, 15) is 0 Å². The van der Waals surface area contributed by atoms with E-state index in [4.69, 9.17) is 12.2 Å². The standard InChI is InChI=1S/C20H26N2S/c1-13(2)19(18-9-7-6-8-16(18)5)22-20(23)21-17-11-14(3)10-15(4)12-17/h6-13,19H,1-5H3,(H2,21,22,23). The highest BCUT2D eigenvalue weighted by molar-refractivity contribution is 7.80. The molecule has 0 aromatic heterocycles. The number of hydrogen-bond acceptors (Lipinski definition) is 1. The molecule has 122 valence electrons. The lowest BCUT2D eigenvalue weighted by Crippen LogP contribution is -2.35. The molecule has 0 aliphatic rings. The van der Waals surface area contributed by atoms with E-state index in [1.165, 1.54) is 22.3 Å². The molecule has 0 aliphatic heterocycles. The summed E-state index contributed by atoms with van der Waals surface area (Å²) in [6.07, 6.45) is 0. The Morgan fingerprint density at radius 2 is 1.57 bits per heavy atom. The number of nitrogens with one attached hydrogen (secondary N) is 2. The van der Waals surface area contributed by atoms with Gasteiger partial charge in [0, 0.05) is 5.69 Å². The quantitative estimate of drug-likeness (QED) is 0.746. The first-order chi connectivity index (χ1) is 10.9. The van der Waals surface area contributed by atoms with Gasteiger partial charge in [0.15, 0.2) is 5.11 Å². The fourth-order valence-corrected chi connectivity index (χ4v) is 3.14. The van der Waals surface area contributed by atoms with Crippen LogP contribution in [0.15, 0.2) is 42.5 Å². The number of thiocarbonyl (C=S) groups is 1. The molecule has 0 amide bonds. The lowest BCUT2D eigenvalue weighted by atomic mass is 9.93. The highest BCUT2D eigenvalue weighted by atomic mass is 32.1. The second-order valence-electron chi connectivity index (χ2n) is 6.55. The van der Waals surface area contributed by atoms with Crippen molar-refractivity contribution < 1.29 is 0 Å². The van der Waals surface area contributed by atoms with Crippen molar-refractivity contribution in [3.05, 3.63) is 64.7 Å². The van der Waals surface area contributed by atoms with E-state index >= 15 is 0 Å².